The van der Waals surface area contributed by atoms with E-state index in [1.54, 1.807) is 0 Å². The lowest BCUT2D eigenvalue weighted by molar-refractivity contribution is 0.458. The van der Waals surface area contributed by atoms with E-state index < -0.39 is 0 Å². The molecule has 3 aromatic carbocycles. The van der Waals surface area contributed by atoms with Gasteiger partial charge in [0.15, 0.2) is 5.58 Å². The monoisotopic (exact) mass is 434 g/mol. The van der Waals surface area contributed by atoms with Crippen LogP contribution in [0, 0.1) is 5.92 Å². The van der Waals surface area contributed by atoms with Crippen LogP contribution in [0.2, 0.25) is 0 Å². The van der Waals surface area contributed by atoms with Crippen molar-refractivity contribution in [2.75, 3.05) is 0 Å². The Labute approximate surface area is 192 Å². The molecular formula is C28H26N4O. The van der Waals surface area contributed by atoms with Gasteiger partial charge in [-0.2, -0.15) is 0 Å². The average Bonchev–Trinajstić information content (AvgIpc) is 3.59. The summed E-state index contributed by atoms with van der Waals surface area (Å²) in [6, 6.07) is 13.2. The first-order valence-corrected chi connectivity index (χ1v) is 11.5. The summed E-state index contributed by atoms with van der Waals surface area (Å²) in [5.41, 5.74) is 6.63. The number of aromatic nitrogens is 3. The Balaban J connectivity index is 1.51. The standard InChI is InChI=1S/C28H26N4O/c1-15(2)25-11-19(12-29-25)17-5-7-20-21-8-6-18(26-14-30-28(32-26)16(3)4)10-23(21)27-24(13-31-33-27)22(20)9-17/h5-10,12-16H,11H2,1-4H3,(H,30,32). The lowest BCUT2D eigenvalue weighted by Crippen LogP contribution is -2.04. The zero-order valence-corrected chi connectivity index (χ0v) is 19.3. The molecule has 1 aliphatic rings. The Bertz CT molecular complexity index is 1600. The molecular weight excluding hydrogens is 408 g/mol. The summed E-state index contributed by atoms with van der Waals surface area (Å²) < 4.78 is 5.77. The number of hydrogen-bond donors (Lipinski definition) is 1. The Kier molecular flexibility index (Phi) is 4.47. The van der Waals surface area contributed by atoms with Gasteiger partial charge in [0, 0.05) is 35.2 Å². The minimum absolute atomic E-state index is 0.357. The lowest BCUT2D eigenvalue weighted by Gasteiger charge is -2.11. The molecule has 0 saturated heterocycles. The number of fused-ring (bicyclic) bond motifs is 6. The molecule has 5 heteroatoms. The van der Waals surface area contributed by atoms with Crippen LogP contribution in [0.3, 0.4) is 0 Å². The third-order valence-corrected chi connectivity index (χ3v) is 6.68. The van der Waals surface area contributed by atoms with Crippen molar-refractivity contribution in [2.45, 2.75) is 40.0 Å². The Morgan fingerprint density at radius 2 is 1.58 bits per heavy atom. The Morgan fingerprint density at radius 1 is 0.818 bits per heavy atom. The number of aromatic amines is 1. The molecule has 6 rings (SSSR count). The largest absolute Gasteiger partial charge is 0.356 e. The predicted molar refractivity (Wildman–Crippen MR) is 136 cm³/mol. The van der Waals surface area contributed by atoms with Crippen molar-refractivity contribution in [3.05, 3.63) is 66.4 Å². The first-order chi connectivity index (χ1) is 16.0. The van der Waals surface area contributed by atoms with E-state index in [9.17, 15) is 0 Å². The molecule has 3 heterocycles. The number of benzene rings is 3. The second kappa shape index (κ2) is 7.41. The Morgan fingerprint density at radius 3 is 2.30 bits per heavy atom. The summed E-state index contributed by atoms with van der Waals surface area (Å²) in [5.74, 6) is 1.82. The zero-order chi connectivity index (χ0) is 22.7. The fourth-order valence-electron chi connectivity index (χ4n) is 4.72. The normalized spacial score (nSPS) is 14.2. The van der Waals surface area contributed by atoms with Crippen molar-refractivity contribution >= 4 is 43.8 Å². The first kappa shape index (κ1) is 19.9. The van der Waals surface area contributed by atoms with Crippen LogP contribution in [0.4, 0.5) is 0 Å². The van der Waals surface area contributed by atoms with Gasteiger partial charge in [0.1, 0.15) is 5.82 Å². The van der Waals surface area contributed by atoms with E-state index in [2.05, 4.69) is 84.2 Å². The molecule has 33 heavy (non-hydrogen) atoms. The second-order valence-electron chi connectivity index (χ2n) is 9.53. The molecule has 0 spiro atoms. The van der Waals surface area contributed by atoms with Gasteiger partial charge in [-0.15, -0.1) is 0 Å². The third-order valence-electron chi connectivity index (χ3n) is 6.68. The van der Waals surface area contributed by atoms with Gasteiger partial charge in [0.05, 0.1) is 23.5 Å². The maximum absolute atomic E-state index is 5.77. The van der Waals surface area contributed by atoms with Crippen LogP contribution >= 0.6 is 0 Å². The van der Waals surface area contributed by atoms with Crippen LogP contribution in [0.1, 0.15) is 51.4 Å². The average molecular weight is 435 g/mol. The van der Waals surface area contributed by atoms with Gasteiger partial charge in [-0.05, 0) is 45.3 Å². The SMILES string of the molecule is CC(C)C1=NC=C(c2ccc3c(c2)c2cnoc2c2cc(-c4cnc(C(C)C)[nH]4)ccc32)C1. The highest BCUT2D eigenvalue weighted by Crippen LogP contribution is 2.39. The quantitative estimate of drug-likeness (QED) is 0.298. The highest BCUT2D eigenvalue weighted by atomic mass is 16.5. The van der Waals surface area contributed by atoms with Crippen molar-refractivity contribution in [3.63, 3.8) is 0 Å². The minimum Gasteiger partial charge on any atom is -0.356 e. The molecule has 0 saturated carbocycles. The summed E-state index contributed by atoms with van der Waals surface area (Å²) in [6.45, 7) is 8.67. The fourth-order valence-corrected chi connectivity index (χ4v) is 4.72. The van der Waals surface area contributed by atoms with E-state index >= 15 is 0 Å². The molecule has 5 aromatic rings. The summed E-state index contributed by atoms with van der Waals surface area (Å²) in [7, 11) is 0. The van der Waals surface area contributed by atoms with Crippen molar-refractivity contribution < 1.29 is 4.52 Å². The van der Waals surface area contributed by atoms with Gasteiger partial charge in [0.2, 0.25) is 0 Å². The van der Waals surface area contributed by atoms with E-state index in [0.717, 1.165) is 50.6 Å². The van der Waals surface area contributed by atoms with E-state index in [-0.39, 0.29) is 0 Å². The molecule has 0 atom stereocenters. The number of nitrogens with zero attached hydrogens (tertiary/aromatic N) is 3. The van der Waals surface area contributed by atoms with Crippen LogP contribution in [-0.2, 0) is 0 Å². The maximum atomic E-state index is 5.77. The molecule has 5 nitrogen and oxygen atoms in total. The molecule has 0 radical (unpaired) electrons. The van der Waals surface area contributed by atoms with Gasteiger partial charge in [-0.1, -0.05) is 57.1 Å². The number of allylic oxidation sites excluding steroid dienone is 1. The molecule has 1 aliphatic heterocycles. The Hall–Kier alpha value is -3.73. The molecule has 0 bridgehead atoms. The van der Waals surface area contributed by atoms with Gasteiger partial charge in [-0.25, -0.2) is 4.98 Å². The lowest BCUT2D eigenvalue weighted by atomic mass is 9.92. The van der Waals surface area contributed by atoms with Crippen LogP contribution in [-0.4, -0.2) is 20.8 Å². The number of imidazole rings is 1. The second-order valence-corrected chi connectivity index (χ2v) is 9.53. The minimum atomic E-state index is 0.357. The first-order valence-electron chi connectivity index (χ1n) is 11.5. The molecule has 1 N–H and O–H groups in total. The van der Waals surface area contributed by atoms with E-state index in [1.807, 2.05) is 18.6 Å². The molecule has 0 unspecified atom stereocenters. The summed E-state index contributed by atoms with van der Waals surface area (Å²) in [6.07, 6.45) is 6.67. The zero-order valence-electron chi connectivity index (χ0n) is 19.3. The molecule has 0 aliphatic carbocycles. The smallest absolute Gasteiger partial charge is 0.175 e. The number of H-pyrrole nitrogens is 1. The number of rotatable bonds is 4. The van der Waals surface area contributed by atoms with Gasteiger partial charge in [-0.3, -0.25) is 4.99 Å². The molecule has 0 amide bonds. The third kappa shape index (κ3) is 3.18. The van der Waals surface area contributed by atoms with E-state index in [0.29, 0.717) is 11.8 Å². The van der Waals surface area contributed by atoms with Crippen molar-refractivity contribution in [2.24, 2.45) is 10.9 Å². The molecule has 2 aromatic heterocycles. The maximum Gasteiger partial charge on any atom is 0.175 e. The number of hydrogen-bond acceptors (Lipinski definition) is 4. The van der Waals surface area contributed by atoms with Crippen LogP contribution in [0.15, 0.2) is 64.5 Å². The van der Waals surface area contributed by atoms with Crippen LogP contribution in [0.25, 0.3) is 49.3 Å². The molecule has 0 fully saturated rings. The van der Waals surface area contributed by atoms with Crippen molar-refractivity contribution in [1.82, 2.24) is 15.1 Å². The summed E-state index contributed by atoms with van der Waals surface area (Å²) >= 11 is 0. The van der Waals surface area contributed by atoms with Gasteiger partial charge in [0.25, 0.3) is 0 Å². The van der Waals surface area contributed by atoms with E-state index in [1.165, 1.54) is 22.2 Å². The summed E-state index contributed by atoms with van der Waals surface area (Å²) in [4.78, 5) is 12.6. The van der Waals surface area contributed by atoms with Crippen molar-refractivity contribution in [1.29, 1.82) is 0 Å². The predicted octanol–water partition coefficient (Wildman–Crippen LogP) is 7.49. The topological polar surface area (TPSA) is 67.1 Å². The highest BCUT2D eigenvalue weighted by Gasteiger charge is 2.18. The number of aliphatic imine (C=N–C) groups is 1. The van der Waals surface area contributed by atoms with Gasteiger partial charge >= 0.3 is 0 Å². The van der Waals surface area contributed by atoms with Gasteiger partial charge < -0.3 is 9.51 Å². The van der Waals surface area contributed by atoms with E-state index in [4.69, 9.17) is 4.52 Å². The summed E-state index contributed by atoms with van der Waals surface area (Å²) in [5, 5.41) is 9.78. The highest BCUT2D eigenvalue weighted by molar-refractivity contribution is 6.24. The van der Waals surface area contributed by atoms with Crippen LogP contribution < -0.4 is 0 Å². The fraction of sp³-hybridized carbons (Fsp3) is 0.250. The van der Waals surface area contributed by atoms with Crippen LogP contribution in [0.5, 0.6) is 0 Å². The number of nitrogens with one attached hydrogen (secondary N) is 1. The molecule has 164 valence electrons. The van der Waals surface area contributed by atoms with Crippen molar-refractivity contribution in [3.8, 4) is 11.3 Å².